The van der Waals surface area contributed by atoms with Gasteiger partial charge in [-0.05, 0) is 71.8 Å². The van der Waals surface area contributed by atoms with Gasteiger partial charge in [0.25, 0.3) is 0 Å². The highest BCUT2D eigenvalue weighted by Crippen LogP contribution is 2.22. The van der Waals surface area contributed by atoms with Crippen molar-refractivity contribution in [3.05, 3.63) is 63.2 Å². The summed E-state index contributed by atoms with van der Waals surface area (Å²) in [7, 11) is 1.69. The normalized spacial score (nSPS) is 13.8. The van der Waals surface area contributed by atoms with Crippen LogP contribution < -0.4 is 10.1 Å². The first kappa shape index (κ1) is 15.3. The molecule has 0 aromatic heterocycles. The summed E-state index contributed by atoms with van der Waals surface area (Å²) in [4.78, 5) is 0. The smallest absolute Gasteiger partial charge is 0.118 e. The van der Waals surface area contributed by atoms with Crippen molar-refractivity contribution in [2.24, 2.45) is 0 Å². The molecule has 106 valence electrons. The molecule has 1 N–H and O–H groups in total. The predicted octanol–water partition coefficient (Wildman–Crippen LogP) is 4.71. The molecule has 0 aliphatic rings. The quantitative estimate of drug-likeness (QED) is 0.758. The topological polar surface area (TPSA) is 21.3 Å². The maximum absolute atomic E-state index is 5.19. The van der Waals surface area contributed by atoms with Gasteiger partial charge in [-0.3, -0.25) is 0 Å². The molecular weight excluding hydrogens is 361 g/mol. The zero-order valence-corrected chi connectivity index (χ0v) is 14.2. The van der Waals surface area contributed by atoms with Crippen LogP contribution >= 0.6 is 22.6 Å². The van der Waals surface area contributed by atoms with Crippen LogP contribution in [0.2, 0.25) is 0 Å². The van der Waals surface area contributed by atoms with Gasteiger partial charge >= 0.3 is 0 Å². The Morgan fingerprint density at radius 2 is 1.30 bits per heavy atom. The Hall–Kier alpha value is -1.07. The van der Waals surface area contributed by atoms with E-state index in [2.05, 4.69) is 78.2 Å². The van der Waals surface area contributed by atoms with Gasteiger partial charge < -0.3 is 10.1 Å². The van der Waals surface area contributed by atoms with Gasteiger partial charge in [-0.25, -0.2) is 0 Å². The predicted molar refractivity (Wildman–Crippen MR) is 92.1 cm³/mol. The first-order chi connectivity index (χ1) is 9.60. The Kier molecular flexibility index (Phi) is 5.43. The first-order valence-electron chi connectivity index (χ1n) is 6.75. The number of ether oxygens (including phenoxy) is 1. The summed E-state index contributed by atoms with van der Waals surface area (Å²) >= 11 is 2.33. The van der Waals surface area contributed by atoms with E-state index in [0.29, 0.717) is 12.1 Å². The summed E-state index contributed by atoms with van der Waals surface area (Å²) in [5.41, 5.74) is 2.58. The summed E-state index contributed by atoms with van der Waals surface area (Å²) in [5, 5.41) is 3.63. The third kappa shape index (κ3) is 3.96. The molecule has 0 aliphatic carbocycles. The van der Waals surface area contributed by atoms with Crippen molar-refractivity contribution in [1.29, 1.82) is 0 Å². The van der Waals surface area contributed by atoms with Crippen molar-refractivity contribution >= 4 is 22.6 Å². The lowest BCUT2D eigenvalue weighted by Gasteiger charge is -2.21. The van der Waals surface area contributed by atoms with Crippen molar-refractivity contribution in [2.45, 2.75) is 25.9 Å². The second kappa shape index (κ2) is 7.09. The highest BCUT2D eigenvalue weighted by atomic mass is 127. The third-order valence-electron chi connectivity index (χ3n) is 3.49. The SMILES string of the molecule is COc1ccc([C@H](C)NC(C)c2ccc(I)cc2)cc1. The molecule has 2 rings (SSSR count). The summed E-state index contributed by atoms with van der Waals surface area (Å²) in [6.45, 7) is 4.38. The Bertz CT molecular complexity index is 536. The van der Waals surface area contributed by atoms with Crippen LogP contribution in [0.15, 0.2) is 48.5 Å². The van der Waals surface area contributed by atoms with Crippen LogP contribution in [0, 0.1) is 3.57 Å². The molecule has 1 unspecified atom stereocenters. The number of hydrogen-bond donors (Lipinski definition) is 1. The molecule has 2 nitrogen and oxygen atoms in total. The Balaban J connectivity index is 2.02. The van der Waals surface area contributed by atoms with E-state index in [1.807, 2.05) is 12.1 Å². The zero-order valence-electron chi connectivity index (χ0n) is 12.1. The van der Waals surface area contributed by atoms with E-state index in [9.17, 15) is 0 Å². The first-order valence-corrected chi connectivity index (χ1v) is 7.83. The molecule has 0 saturated carbocycles. The number of nitrogens with one attached hydrogen (secondary N) is 1. The zero-order chi connectivity index (χ0) is 14.5. The molecule has 3 heteroatoms. The van der Waals surface area contributed by atoms with Crippen LogP contribution in [0.5, 0.6) is 5.75 Å². The highest BCUT2D eigenvalue weighted by molar-refractivity contribution is 14.1. The van der Waals surface area contributed by atoms with Gasteiger partial charge in [0, 0.05) is 15.7 Å². The lowest BCUT2D eigenvalue weighted by molar-refractivity contribution is 0.414. The third-order valence-corrected chi connectivity index (χ3v) is 4.20. The van der Waals surface area contributed by atoms with Crippen molar-refractivity contribution in [1.82, 2.24) is 5.32 Å². The van der Waals surface area contributed by atoms with Crippen LogP contribution in [0.1, 0.15) is 37.1 Å². The summed E-state index contributed by atoms with van der Waals surface area (Å²) in [6.07, 6.45) is 0. The fourth-order valence-corrected chi connectivity index (χ4v) is 2.57. The van der Waals surface area contributed by atoms with E-state index in [1.54, 1.807) is 7.11 Å². The molecule has 0 aliphatic heterocycles. The van der Waals surface area contributed by atoms with Crippen molar-refractivity contribution in [3.8, 4) is 5.75 Å². The van der Waals surface area contributed by atoms with Crippen molar-refractivity contribution in [3.63, 3.8) is 0 Å². The van der Waals surface area contributed by atoms with Crippen LogP contribution in [-0.2, 0) is 0 Å². The lowest BCUT2D eigenvalue weighted by Crippen LogP contribution is -2.22. The number of benzene rings is 2. The molecular formula is C17H20INO. The minimum atomic E-state index is 0.301. The Morgan fingerprint density at radius 1 is 0.850 bits per heavy atom. The average Bonchev–Trinajstić information content (AvgIpc) is 2.48. The van der Waals surface area contributed by atoms with Gasteiger partial charge in [-0.15, -0.1) is 0 Å². The van der Waals surface area contributed by atoms with Crippen LogP contribution in [-0.4, -0.2) is 7.11 Å². The average molecular weight is 381 g/mol. The molecule has 0 amide bonds. The molecule has 0 fully saturated rings. The molecule has 0 saturated heterocycles. The number of hydrogen-bond acceptors (Lipinski definition) is 2. The summed E-state index contributed by atoms with van der Waals surface area (Å²) in [5.74, 6) is 0.895. The fourth-order valence-electron chi connectivity index (χ4n) is 2.21. The standard InChI is InChI=1S/C17H20INO/c1-12(14-4-8-16(18)9-5-14)19-13(2)15-6-10-17(20-3)11-7-15/h4-13,19H,1-3H3/t12?,13-/m0/s1. The molecule has 0 radical (unpaired) electrons. The Morgan fingerprint density at radius 3 is 1.75 bits per heavy atom. The van der Waals surface area contributed by atoms with E-state index in [-0.39, 0.29) is 0 Å². The minimum Gasteiger partial charge on any atom is -0.497 e. The maximum atomic E-state index is 5.19. The number of rotatable bonds is 5. The van der Waals surface area contributed by atoms with Crippen molar-refractivity contribution < 1.29 is 4.74 Å². The molecule has 2 aromatic carbocycles. The van der Waals surface area contributed by atoms with Crippen LogP contribution in [0.25, 0.3) is 0 Å². The molecule has 20 heavy (non-hydrogen) atoms. The lowest BCUT2D eigenvalue weighted by atomic mass is 10.0. The Labute approximate surface area is 134 Å². The van der Waals surface area contributed by atoms with Crippen molar-refractivity contribution in [2.75, 3.05) is 7.11 Å². The van der Waals surface area contributed by atoms with E-state index in [0.717, 1.165) is 5.75 Å². The number of methoxy groups -OCH3 is 1. The van der Waals surface area contributed by atoms with E-state index in [4.69, 9.17) is 4.74 Å². The van der Waals surface area contributed by atoms with Crippen LogP contribution in [0.4, 0.5) is 0 Å². The summed E-state index contributed by atoms with van der Waals surface area (Å²) < 4.78 is 6.45. The van der Waals surface area contributed by atoms with Crippen LogP contribution in [0.3, 0.4) is 0 Å². The van der Waals surface area contributed by atoms with Gasteiger partial charge in [0.15, 0.2) is 0 Å². The molecule has 0 bridgehead atoms. The number of halogens is 1. The second-order valence-corrected chi connectivity index (χ2v) is 6.18. The summed E-state index contributed by atoms with van der Waals surface area (Å²) in [6, 6.07) is 17.5. The minimum absolute atomic E-state index is 0.301. The monoisotopic (exact) mass is 381 g/mol. The van der Waals surface area contributed by atoms with E-state index in [1.165, 1.54) is 14.7 Å². The molecule has 0 spiro atoms. The fraction of sp³-hybridized carbons (Fsp3) is 0.294. The highest BCUT2D eigenvalue weighted by Gasteiger charge is 2.11. The maximum Gasteiger partial charge on any atom is 0.118 e. The molecule has 2 aromatic rings. The van der Waals surface area contributed by atoms with Gasteiger partial charge in [0.2, 0.25) is 0 Å². The van der Waals surface area contributed by atoms with Gasteiger partial charge in [0.1, 0.15) is 5.75 Å². The van der Waals surface area contributed by atoms with E-state index >= 15 is 0 Å². The van der Waals surface area contributed by atoms with Gasteiger partial charge in [0.05, 0.1) is 7.11 Å². The molecule has 0 heterocycles. The van der Waals surface area contributed by atoms with Gasteiger partial charge in [-0.2, -0.15) is 0 Å². The van der Waals surface area contributed by atoms with E-state index < -0.39 is 0 Å². The molecule has 2 atom stereocenters. The van der Waals surface area contributed by atoms with Gasteiger partial charge in [-0.1, -0.05) is 24.3 Å². The second-order valence-electron chi connectivity index (χ2n) is 4.93. The largest absolute Gasteiger partial charge is 0.497 e.